The molecule has 4 rings (SSSR count). The number of carbonyl (C=O) groups is 2. The van der Waals surface area contributed by atoms with E-state index in [1.165, 1.54) is 16.7 Å². The van der Waals surface area contributed by atoms with Gasteiger partial charge < -0.3 is 20.7 Å². The van der Waals surface area contributed by atoms with Crippen molar-refractivity contribution in [1.82, 2.24) is 20.2 Å². The molecule has 0 saturated carbocycles. The van der Waals surface area contributed by atoms with E-state index in [0.29, 0.717) is 37.2 Å². The zero-order valence-corrected chi connectivity index (χ0v) is 22.6. The first-order chi connectivity index (χ1) is 18.5. The van der Waals surface area contributed by atoms with Gasteiger partial charge in [0, 0.05) is 31.5 Å². The molecule has 9 nitrogen and oxygen atoms in total. The second kappa shape index (κ2) is 11.7. The van der Waals surface area contributed by atoms with Crippen LogP contribution in [0.5, 0.6) is 0 Å². The van der Waals surface area contributed by atoms with E-state index < -0.39 is 17.7 Å². The third-order valence-electron chi connectivity index (χ3n) is 6.25. The molecule has 0 radical (unpaired) electrons. The minimum absolute atomic E-state index is 0.121. The van der Waals surface area contributed by atoms with Gasteiger partial charge in [-0.25, -0.2) is 14.2 Å². The standard InChI is InChI=1S/C29H34FN5O4/c1-18-11-21(13-22(30)12-18)16-31-25-27(37)35-23(17-32-25)9-10-24(35)26(36)33-14-19-5-7-20(8-6-19)15-34-28(38)39-29(2,3)4/h5-8,11-13,17,24H,9-10,14-16H2,1-4H3,(H,31,32)(H,33,36)(H,34,38)/t24-/m0/s1. The summed E-state index contributed by atoms with van der Waals surface area (Å²) in [5.74, 6) is -0.463. The molecular weight excluding hydrogens is 501 g/mol. The monoisotopic (exact) mass is 535 g/mol. The molecule has 2 heterocycles. The van der Waals surface area contributed by atoms with Crippen LogP contribution in [-0.4, -0.2) is 27.2 Å². The van der Waals surface area contributed by atoms with Crippen LogP contribution < -0.4 is 21.5 Å². The van der Waals surface area contributed by atoms with Gasteiger partial charge in [-0.15, -0.1) is 0 Å². The molecule has 3 aromatic rings. The topological polar surface area (TPSA) is 114 Å². The number of carbonyl (C=O) groups excluding carboxylic acids is 2. The summed E-state index contributed by atoms with van der Waals surface area (Å²) in [7, 11) is 0. The second-order valence-corrected chi connectivity index (χ2v) is 10.7. The fourth-order valence-electron chi connectivity index (χ4n) is 4.48. The summed E-state index contributed by atoms with van der Waals surface area (Å²) in [6.45, 7) is 8.08. The van der Waals surface area contributed by atoms with Crippen molar-refractivity contribution < 1.29 is 18.7 Å². The first-order valence-corrected chi connectivity index (χ1v) is 12.9. The molecular formula is C29H34FN5O4. The average Bonchev–Trinajstić information content (AvgIpc) is 3.30. The molecule has 0 spiro atoms. The van der Waals surface area contributed by atoms with Gasteiger partial charge in [0.1, 0.15) is 17.5 Å². The van der Waals surface area contributed by atoms with Crippen LogP contribution in [0.2, 0.25) is 0 Å². The Bertz CT molecular complexity index is 1390. The van der Waals surface area contributed by atoms with E-state index in [9.17, 15) is 18.8 Å². The summed E-state index contributed by atoms with van der Waals surface area (Å²) < 4.78 is 20.4. The van der Waals surface area contributed by atoms with Gasteiger partial charge in [0.25, 0.3) is 5.56 Å². The molecule has 206 valence electrons. The number of ether oxygens (including phenoxy) is 1. The summed E-state index contributed by atoms with van der Waals surface area (Å²) in [4.78, 5) is 42.3. The molecule has 0 saturated heterocycles. The molecule has 1 aliphatic rings. The normalized spacial score (nSPS) is 14.4. The molecule has 39 heavy (non-hydrogen) atoms. The van der Waals surface area contributed by atoms with E-state index >= 15 is 0 Å². The lowest BCUT2D eigenvalue weighted by Gasteiger charge is -2.19. The number of amides is 2. The Kier molecular flexibility index (Phi) is 8.32. The molecule has 2 aromatic carbocycles. The van der Waals surface area contributed by atoms with E-state index in [2.05, 4.69) is 20.9 Å². The summed E-state index contributed by atoms with van der Waals surface area (Å²) in [5.41, 5.74) is 3.03. The van der Waals surface area contributed by atoms with Crippen LogP contribution in [0.4, 0.5) is 15.0 Å². The van der Waals surface area contributed by atoms with E-state index in [4.69, 9.17) is 4.74 Å². The number of benzene rings is 2. The zero-order valence-electron chi connectivity index (χ0n) is 22.6. The van der Waals surface area contributed by atoms with Crippen molar-refractivity contribution in [2.45, 2.75) is 71.8 Å². The van der Waals surface area contributed by atoms with Crippen LogP contribution in [0.15, 0.2) is 53.5 Å². The van der Waals surface area contributed by atoms with Gasteiger partial charge in [-0.05, 0) is 74.9 Å². The lowest BCUT2D eigenvalue weighted by atomic mass is 10.1. The third-order valence-corrected chi connectivity index (χ3v) is 6.25. The Hall–Kier alpha value is -4.21. The molecule has 0 fully saturated rings. The summed E-state index contributed by atoms with van der Waals surface area (Å²) >= 11 is 0. The minimum atomic E-state index is -0.634. The van der Waals surface area contributed by atoms with Crippen LogP contribution in [0.25, 0.3) is 0 Å². The van der Waals surface area contributed by atoms with Crippen molar-refractivity contribution in [1.29, 1.82) is 0 Å². The minimum Gasteiger partial charge on any atom is -0.444 e. The second-order valence-electron chi connectivity index (χ2n) is 10.7. The van der Waals surface area contributed by atoms with Gasteiger partial charge in [0.2, 0.25) is 5.91 Å². The number of alkyl carbamates (subject to hydrolysis) is 1. The Morgan fingerprint density at radius 1 is 1.03 bits per heavy atom. The average molecular weight is 536 g/mol. The number of hydrogen-bond donors (Lipinski definition) is 3. The van der Waals surface area contributed by atoms with Gasteiger partial charge in [-0.2, -0.15) is 0 Å². The quantitative estimate of drug-likeness (QED) is 0.400. The summed E-state index contributed by atoms with van der Waals surface area (Å²) in [6, 6.07) is 11.5. The van der Waals surface area contributed by atoms with Crippen molar-refractivity contribution in [2.75, 3.05) is 5.32 Å². The van der Waals surface area contributed by atoms with E-state index in [1.54, 1.807) is 33.9 Å². The van der Waals surface area contributed by atoms with Crippen molar-refractivity contribution >= 4 is 17.8 Å². The highest BCUT2D eigenvalue weighted by Gasteiger charge is 2.30. The van der Waals surface area contributed by atoms with Gasteiger partial charge in [-0.1, -0.05) is 30.3 Å². The number of rotatable bonds is 8. The third kappa shape index (κ3) is 7.43. The lowest BCUT2D eigenvalue weighted by Crippen LogP contribution is -2.36. The molecule has 1 aliphatic heterocycles. The number of nitrogens with one attached hydrogen (secondary N) is 3. The number of nitrogens with zero attached hydrogens (tertiary/aromatic N) is 2. The summed E-state index contributed by atoms with van der Waals surface area (Å²) in [6.07, 6.45) is 2.20. The van der Waals surface area contributed by atoms with Crippen molar-refractivity contribution in [3.63, 3.8) is 0 Å². The van der Waals surface area contributed by atoms with Crippen LogP contribution >= 0.6 is 0 Å². The van der Waals surface area contributed by atoms with Crippen LogP contribution in [0.3, 0.4) is 0 Å². The van der Waals surface area contributed by atoms with E-state index in [-0.39, 0.29) is 29.6 Å². The fourth-order valence-corrected chi connectivity index (χ4v) is 4.48. The molecule has 0 aliphatic carbocycles. The number of hydrogen-bond acceptors (Lipinski definition) is 6. The molecule has 1 atom stereocenters. The molecule has 0 unspecified atom stereocenters. The molecule has 3 N–H and O–H groups in total. The first-order valence-electron chi connectivity index (χ1n) is 12.9. The maximum atomic E-state index is 13.7. The number of fused-ring (bicyclic) bond motifs is 1. The highest BCUT2D eigenvalue weighted by Crippen LogP contribution is 2.24. The molecule has 10 heteroatoms. The predicted octanol–water partition coefficient (Wildman–Crippen LogP) is 4.13. The Morgan fingerprint density at radius 3 is 2.33 bits per heavy atom. The van der Waals surface area contributed by atoms with Crippen molar-refractivity contribution in [3.8, 4) is 0 Å². The van der Waals surface area contributed by atoms with Gasteiger partial charge >= 0.3 is 6.09 Å². The van der Waals surface area contributed by atoms with E-state index in [1.807, 2.05) is 30.3 Å². The Morgan fingerprint density at radius 2 is 1.69 bits per heavy atom. The SMILES string of the molecule is Cc1cc(F)cc(CNc2ncc3n(c2=O)[C@H](C(=O)NCc2ccc(CNC(=O)OC(C)(C)C)cc2)CC3)c1. The number of halogens is 1. The van der Waals surface area contributed by atoms with E-state index in [0.717, 1.165) is 16.7 Å². The molecule has 2 amide bonds. The predicted molar refractivity (Wildman–Crippen MR) is 146 cm³/mol. The Labute approximate surface area is 226 Å². The van der Waals surface area contributed by atoms with Crippen molar-refractivity contribution in [3.05, 3.63) is 92.8 Å². The van der Waals surface area contributed by atoms with Gasteiger partial charge in [0.15, 0.2) is 5.82 Å². The lowest BCUT2D eigenvalue weighted by molar-refractivity contribution is -0.124. The Balaban J connectivity index is 1.34. The number of aryl methyl sites for hydroxylation is 2. The molecule has 0 bridgehead atoms. The number of anilines is 1. The first kappa shape index (κ1) is 27.8. The highest BCUT2D eigenvalue weighted by molar-refractivity contribution is 5.81. The maximum absolute atomic E-state index is 13.7. The zero-order chi connectivity index (χ0) is 28.2. The largest absolute Gasteiger partial charge is 0.444 e. The summed E-state index contributed by atoms with van der Waals surface area (Å²) in [5, 5.41) is 8.63. The van der Waals surface area contributed by atoms with Crippen LogP contribution in [0, 0.1) is 12.7 Å². The van der Waals surface area contributed by atoms with Crippen LogP contribution in [-0.2, 0) is 35.6 Å². The number of aromatic nitrogens is 2. The van der Waals surface area contributed by atoms with Gasteiger partial charge in [0.05, 0.1) is 0 Å². The van der Waals surface area contributed by atoms with Crippen molar-refractivity contribution in [2.24, 2.45) is 0 Å². The fraction of sp³-hybridized carbons (Fsp3) is 0.379. The smallest absolute Gasteiger partial charge is 0.407 e. The maximum Gasteiger partial charge on any atom is 0.407 e. The van der Waals surface area contributed by atoms with Crippen LogP contribution in [0.1, 0.15) is 61.2 Å². The molecule has 1 aromatic heterocycles. The highest BCUT2D eigenvalue weighted by atomic mass is 19.1. The van der Waals surface area contributed by atoms with Gasteiger partial charge in [-0.3, -0.25) is 14.2 Å².